The van der Waals surface area contributed by atoms with Crippen molar-refractivity contribution in [1.29, 1.82) is 5.26 Å². The molecule has 0 atom stereocenters. The second-order valence-corrected chi connectivity index (χ2v) is 9.40. The molecule has 0 fully saturated rings. The zero-order valence-corrected chi connectivity index (χ0v) is 18.9. The van der Waals surface area contributed by atoms with Crippen molar-refractivity contribution in [2.45, 2.75) is 37.6 Å². The van der Waals surface area contributed by atoms with Crippen molar-refractivity contribution in [2.75, 3.05) is 4.72 Å². The summed E-state index contributed by atoms with van der Waals surface area (Å²) >= 11 is 1.35. The molecule has 6 nitrogen and oxygen atoms in total. The van der Waals surface area contributed by atoms with Gasteiger partial charge in [0.1, 0.15) is 0 Å². The van der Waals surface area contributed by atoms with Crippen LogP contribution in [-0.2, 0) is 12.0 Å². The average molecular weight is 443 g/mol. The van der Waals surface area contributed by atoms with E-state index in [4.69, 9.17) is 0 Å². The van der Waals surface area contributed by atoms with Crippen LogP contribution in [0.25, 0.3) is 0 Å². The number of carbonyl (C=O) groups excluding carboxylic acids is 2. The summed E-state index contributed by atoms with van der Waals surface area (Å²) in [6.45, 7) is 6.53. The van der Waals surface area contributed by atoms with E-state index in [-0.39, 0.29) is 28.7 Å². The molecule has 0 saturated carbocycles. The minimum absolute atomic E-state index is 0.0545. The standard InChI is InChI=1S/C25H22N4O2S/c1-25(2,3)17-8-10-19(11-9-17)32-28-20-12-7-16(14-26)21-22(20)24(31)29(23(21)30)15-18-6-4-5-13-27-18/h4-13,28H,15H2,1-3H3. The van der Waals surface area contributed by atoms with Gasteiger partial charge in [-0.1, -0.05) is 39.0 Å². The highest BCUT2D eigenvalue weighted by atomic mass is 32.2. The van der Waals surface area contributed by atoms with Gasteiger partial charge in [0.25, 0.3) is 11.8 Å². The lowest BCUT2D eigenvalue weighted by molar-refractivity contribution is 0.0640. The van der Waals surface area contributed by atoms with Crippen LogP contribution in [0, 0.1) is 11.3 Å². The number of hydrogen-bond acceptors (Lipinski definition) is 6. The smallest absolute Gasteiger partial charge is 0.264 e. The number of amides is 2. The maximum absolute atomic E-state index is 13.2. The molecule has 160 valence electrons. The third-order valence-corrected chi connectivity index (χ3v) is 6.12. The van der Waals surface area contributed by atoms with Crippen molar-refractivity contribution in [3.63, 3.8) is 0 Å². The van der Waals surface area contributed by atoms with Gasteiger partial charge < -0.3 is 4.72 Å². The van der Waals surface area contributed by atoms with Crippen molar-refractivity contribution in [3.8, 4) is 6.07 Å². The monoisotopic (exact) mass is 442 g/mol. The number of imide groups is 1. The highest BCUT2D eigenvalue weighted by molar-refractivity contribution is 8.00. The number of carbonyl (C=O) groups is 2. The zero-order valence-electron chi connectivity index (χ0n) is 18.0. The quantitative estimate of drug-likeness (QED) is 0.434. The Morgan fingerprint density at radius 1 is 1.00 bits per heavy atom. The molecule has 7 heteroatoms. The summed E-state index contributed by atoms with van der Waals surface area (Å²) in [6.07, 6.45) is 1.61. The van der Waals surface area contributed by atoms with Crippen LogP contribution in [0.1, 0.15) is 58.3 Å². The zero-order chi connectivity index (χ0) is 22.9. The van der Waals surface area contributed by atoms with E-state index in [2.05, 4.69) is 42.6 Å². The predicted octanol–water partition coefficient (Wildman–Crippen LogP) is 5.17. The van der Waals surface area contributed by atoms with E-state index in [0.717, 1.165) is 9.80 Å². The fourth-order valence-corrected chi connectivity index (χ4v) is 4.19. The second-order valence-electron chi connectivity index (χ2n) is 8.52. The van der Waals surface area contributed by atoms with Crippen molar-refractivity contribution in [2.24, 2.45) is 0 Å². The van der Waals surface area contributed by atoms with Crippen LogP contribution < -0.4 is 4.72 Å². The Morgan fingerprint density at radius 2 is 1.72 bits per heavy atom. The summed E-state index contributed by atoms with van der Waals surface area (Å²) in [5.41, 5.74) is 2.95. The topological polar surface area (TPSA) is 86.1 Å². The molecule has 1 aliphatic heterocycles. The molecular weight excluding hydrogens is 420 g/mol. The van der Waals surface area contributed by atoms with E-state index < -0.39 is 11.8 Å². The molecule has 0 radical (unpaired) electrons. The van der Waals surface area contributed by atoms with E-state index in [1.807, 2.05) is 18.2 Å². The Bertz CT molecular complexity index is 1230. The van der Waals surface area contributed by atoms with E-state index in [1.54, 1.807) is 36.5 Å². The second kappa shape index (κ2) is 8.48. The van der Waals surface area contributed by atoms with Crippen LogP contribution in [0.4, 0.5) is 5.69 Å². The molecule has 1 aliphatic rings. The lowest BCUT2D eigenvalue weighted by Gasteiger charge is -2.19. The largest absolute Gasteiger partial charge is 0.325 e. The molecule has 0 unspecified atom stereocenters. The van der Waals surface area contributed by atoms with Gasteiger partial charge in [-0.15, -0.1) is 0 Å². The number of nitriles is 1. The minimum Gasteiger partial charge on any atom is -0.325 e. The molecule has 2 aromatic carbocycles. The number of fused-ring (bicyclic) bond motifs is 1. The lowest BCUT2D eigenvalue weighted by atomic mass is 9.87. The molecule has 0 spiro atoms. The Labute approximate surface area is 191 Å². The fourth-order valence-electron chi connectivity index (χ4n) is 3.52. The van der Waals surface area contributed by atoms with Crippen LogP contribution in [0.15, 0.2) is 65.7 Å². The summed E-state index contributed by atoms with van der Waals surface area (Å²) in [6, 6.07) is 18.8. The van der Waals surface area contributed by atoms with Crippen molar-refractivity contribution < 1.29 is 9.59 Å². The summed E-state index contributed by atoms with van der Waals surface area (Å²) in [5, 5.41) is 9.50. The number of benzene rings is 2. The van der Waals surface area contributed by atoms with Gasteiger partial charge in [-0.3, -0.25) is 19.5 Å². The highest BCUT2D eigenvalue weighted by Gasteiger charge is 2.40. The fraction of sp³-hybridized carbons (Fsp3) is 0.200. The molecule has 0 aliphatic carbocycles. The first-order chi connectivity index (χ1) is 15.3. The first-order valence-corrected chi connectivity index (χ1v) is 11.0. The van der Waals surface area contributed by atoms with Crippen molar-refractivity contribution in [3.05, 3.63) is 88.7 Å². The van der Waals surface area contributed by atoms with Gasteiger partial charge in [0.05, 0.1) is 40.7 Å². The molecule has 2 heterocycles. The van der Waals surface area contributed by atoms with Gasteiger partial charge in [-0.2, -0.15) is 5.26 Å². The maximum Gasteiger partial charge on any atom is 0.264 e. The molecular formula is C25H22N4O2S. The summed E-state index contributed by atoms with van der Waals surface area (Å²) in [5.74, 6) is -0.908. The lowest BCUT2D eigenvalue weighted by Crippen LogP contribution is -2.29. The van der Waals surface area contributed by atoms with Crippen molar-refractivity contribution >= 4 is 29.4 Å². The van der Waals surface area contributed by atoms with Gasteiger partial charge >= 0.3 is 0 Å². The maximum atomic E-state index is 13.2. The molecule has 1 aromatic heterocycles. The molecule has 2 amide bonds. The van der Waals surface area contributed by atoms with Crippen LogP contribution in [0.2, 0.25) is 0 Å². The molecule has 0 saturated heterocycles. The third-order valence-electron chi connectivity index (χ3n) is 5.29. The number of nitrogens with one attached hydrogen (secondary N) is 1. The summed E-state index contributed by atoms with van der Waals surface area (Å²) in [4.78, 5) is 32.5. The average Bonchev–Trinajstić information content (AvgIpc) is 3.03. The normalized spacial score (nSPS) is 13.1. The molecule has 0 bridgehead atoms. The highest BCUT2D eigenvalue weighted by Crippen LogP contribution is 2.35. The van der Waals surface area contributed by atoms with Crippen molar-refractivity contribution in [1.82, 2.24) is 9.88 Å². The molecule has 32 heavy (non-hydrogen) atoms. The third kappa shape index (κ3) is 4.10. The van der Waals surface area contributed by atoms with Gasteiger partial charge in [0.15, 0.2) is 0 Å². The van der Waals surface area contributed by atoms with Crippen LogP contribution >= 0.6 is 11.9 Å². The first kappa shape index (κ1) is 21.6. The van der Waals surface area contributed by atoms with Gasteiger partial charge in [0.2, 0.25) is 0 Å². The number of hydrogen-bond donors (Lipinski definition) is 1. The summed E-state index contributed by atoms with van der Waals surface area (Å²) in [7, 11) is 0. The minimum atomic E-state index is -0.476. The molecule has 3 aromatic rings. The number of pyridine rings is 1. The Balaban J connectivity index is 1.61. The Hall–Kier alpha value is -3.63. The van der Waals surface area contributed by atoms with Gasteiger partial charge in [-0.25, -0.2) is 0 Å². The predicted molar refractivity (Wildman–Crippen MR) is 124 cm³/mol. The molecule has 4 rings (SSSR count). The Morgan fingerprint density at radius 3 is 2.34 bits per heavy atom. The number of nitrogens with zero attached hydrogens (tertiary/aromatic N) is 3. The van der Waals surface area contributed by atoms with E-state index in [9.17, 15) is 14.9 Å². The first-order valence-electron chi connectivity index (χ1n) is 10.2. The van der Waals surface area contributed by atoms with Crippen LogP contribution in [0.3, 0.4) is 0 Å². The summed E-state index contributed by atoms with van der Waals surface area (Å²) < 4.78 is 3.20. The van der Waals surface area contributed by atoms with Gasteiger partial charge in [-0.05, 0) is 59.3 Å². The van der Waals surface area contributed by atoms with E-state index in [0.29, 0.717) is 11.4 Å². The number of aromatic nitrogens is 1. The molecule has 1 N–H and O–H groups in total. The van der Waals surface area contributed by atoms with Crippen LogP contribution in [0.5, 0.6) is 0 Å². The number of anilines is 1. The van der Waals surface area contributed by atoms with E-state index >= 15 is 0 Å². The Kier molecular flexibility index (Phi) is 5.72. The SMILES string of the molecule is CC(C)(C)c1ccc(SNc2ccc(C#N)c3c2C(=O)N(Cc2ccccn2)C3=O)cc1. The van der Waals surface area contributed by atoms with Gasteiger partial charge in [0, 0.05) is 11.1 Å². The van der Waals surface area contributed by atoms with Crippen LogP contribution in [-0.4, -0.2) is 21.7 Å². The number of rotatable bonds is 5. The van der Waals surface area contributed by atoms with E-state index in [1.165, 1.54) is 17.5 Å².